The average Bonchev–Trinajstić information content (AvgIpc) is 2.87. The van der Waals surface area contributed by atoms with Gasteiger partial charge in [0.2, 0.25) is 0 Å². The molecule has 1 aliphatic heterocycles. The smallest absolute Gasteiger partial charge is 0.407 e. The summed E-state index contributed by atoms with van der Waals surface area (Å²) in [5.41, 5.74) is 2.55. The number of carbonyl (C=O) groups excluding carboxylic acids is 1. The Bertz CT molecular complexity index is 413. The number of carbonyl (C=O) groups is 1. The molecular formula is C11H15N3O2. The highest BCUT2D eigenvalue weighted by molar-refractivity contribution is 5.69. The Morgan fingerprint density at radius 1 is 1.50 bits per heavy atom. The van der Waals surface area contributed by atoms with Gasteiger partial charge in [-0.2, -0.15) is 0 Å². The van der Waals surface area contributed by atoms with Crippen LogP contribution in [0.25, 0.3) is 0 Å². The van der Waals surface area contributed by atoms with Crippen LogP contribution in [0.4, 0.5) is 4.79 Å². The van der Waals surface area contributed by atoms with Gasteiger partial charge in [-0.25, -0.2) is 9.78 Å². The minimum atomic E-state index is -0.306. The van der Waals surface area contributed by atoms with Crippen LogP contribution in [0.2, 0.25) is 0 Å². The van der Waals surface area contributed by atoms with E-state index in [0.29, 0.717) is 6.54 Å². The second-order valence-corrected chi connectivity index (χ2v) is 4.41. The van der Waals surface area contributed by atoms with E-state index in [1.807, 2.05) is 6.33 Å². The molecule has 2 aliphatic rings. The number of hydrogen-bond acceptors (Lipinski definition) is 3. The first-order valence-corrected chi connectivity index (χ1v) is 5.80. The van der Waals surface area contributed by atoms with Crippen LogP contribution in [0.3, 0.4) is 0 Å². The third-order valence-corrected chi connectivity index (χ3v) is 3.26. The molecule has 1 fully saturated rings. The third kappa shape index (κ3) is 1.66. The Balaban J connectivity index is 1.74. The van der Waals surface area contributed by atoms with E-state index >= 15 is 0 Å². The van der Waals surface area contributed by atoms with Gasteiger partial charge in [0.25, 0.3) is 0 Å². The highest BCUT2D eigenvalue weighted by atomic mass is 16.6. The van der Waals surface area contributed by atoms with Crippen molar-refractivity contribution in [2.75, 3.05) is 6.54 Å². The summed E-state index contributed by atoms with van der Waals surface area (Å²) in [6.45, 7) is 1.33. The summed E-state index contributed by atoms with van der Waals surface area (Å²) in [6.07, 6.45) is 6.19. The molecule has 0 bridgehead atoms. The van der Waals surface area contributed by atoms with E-state index in [1.165, 1.54) is 24.2 Å². The molecule has 0 spiro atoms. The molecular weight excluding hydrogens is 206 g/mol. The molecule has 1 N–H and O–H groups in total. The number of cyclic esters (lactones) is 1. The molecule has 1 unspecified atom stereocenters. The van der Waals surface area contributed by atoms with Crippen LogP contribution in [0, 0.1) is 0 Å². The Kier molecular flexibility index (Phi) is 2.31. The van der Waals surface area contributed by atoms with Gasteiger partial charge >= 0.3 is 6.09 Å². The van der Waals surface area contributed by atoms with Crippen molar-refractivity contribution in [1.82, 2.24) is 14.9 Å². The lowest BCUT2D eigenvalue weighted by Crippen LogP contribution is -2.22. The largest absolute Gasteiger partial charge is 0.442 e. The van der Waals surface area contributed by atoms with Crippen LogP contribution >= 0.6 is 0 Å². The number of rotatable bonds is 2. The van der Waals surface area contributed by atoms with E-state index in [-0.39, 0.29) is 12.2 Å². The zero-order chi connectivity index (χ0) is 11.0. The zero-order valence-corrected chi connectivity index (χ0v) is 9.11. The molecule has 2 heterocycles. The van der Waals surface area contributed by atoms with Gasteiger partial charge in [-0.3, -0.25) is 0 Å². The predicted octanol–water partition coefficient (Wildman–Crippen LogP) is 0.870. The number of aromatic nitrogens is 2. The van der Waals surface area contributed by atoms with E-state index < -0.39 is 0 Å². The number of alkyl carbamates (subject to hydrolysis) is 1. The number of hydrogen-bond donors (Lipinski definition) is 1. The number of nitrogens with one attached hydrogen (secondary N) is 1. The van der Waals surface area contributed by atoms with Crippen LogP contribution < -0.4 is 5.32 Å². The van der Waals surface area contributed by atoms with Gasteiger partial charge in [0.05, 0.1) is 25.1 Å². The summed E-state index contributed by atoms with van der Waals surface area (Å²) < 4.78 is 7.27. The average molecular weight is 221 g/mol. The first-order chi connectivity index (χ1) is 7.83. The molecule has 86 valence electrons. The van der Waals surface area contributed by atoms with Gasteiger partial charge in [0, 0.05) is 5.69 Å². The highest BCUT2D eigenvalue weighted by Crippen LogP contribution is 2.20. The number of imidazole rings is 1. The Hall–Kier alpha value is -1.52. The highest BCUT2D eigenvalue weighted by Gasteiger charge is 2.24. The molecule has 1 saturated heterocycles. The quantitative estimate of drug-likeness (QED) is 0.806. The lowest BCUT2D eigenvalue weighted by atomic mass is 10.0. The fourth-order valence-electron chi connectivity index (χ4n) is 2.44. The summed E-state index contributed by atoms with van der Waals surface area (Å²) in [5.74, 6) is 0. The van der Waals surface area contributed by atoms with E-state index in [9.17, 15) is 4.79 Å². The molecule has 1 amide bonds. The summed E-state index contributed by atoms with van der Waals surface area (Å²) in [4.78, 5) is 15.3. The van der Waals surface area contributed by atoms with Crippen molar-refractivity contribution in [2.45, 2.75) is 38.3 Å². The molecule has 16 heavy (non-hydrogen) atoms. The minimum Gasteiger partial charge on any atom is -0.442 e. The van der Waals surface area contributed by atoms with Gasteiger partial charge in [-0.05, 0) is 25.7 Å². The van der Waals surface area contributed by atoms with E-state index in [1.54, 1.807) is 0 Å². The lowest BCUT2D eigenvalue weighted by Gasteiger charge is -2.15. The van der Waals surface area contributed by atoms with Crippen molar-refractivity contribution in [3.63, 3.8) is 0 Å². The van der Waals surface area contributed by atoms with Crippen molar-refractivity contribution >= 4 is 6.09 Å². The zero-order valence-electron chi connectivity index (χ0n) is 9.11. The maximum atomic E-state index is 10.9. The van der Waals surface area contributed by atoms with E-state index in [2.05, 4.69) is 14.9 Å². The van der Waals surface area contributed by atoms with E-state index in [4.69, 9.17) is 4.74 Å². The van der Waals surface area contributed by atoms with Crippen molar-refractivity contribution in [1.29, 1.82) is 0 Å². The molecule has 1 atom stereocenters. The van der Waals surface area contributed by atoms with Gasteiger partial charge in [0.15, 0.2) is 0 Å². The Morgan fingerprint density at radius 3 is 3.19 bits per heavy atom. The first-order valence-electron chi connectivity index (χ1n) is 5.80. The van der Waals surface area contributed by atoms with Crippen molar-refractivity contribution < 1.29 is 9.53 Å². The maximum Gasteiger partial charge on any atom is 0.407 e. The number of aryl methyl sites for hydroxylation is 1. The van der Waals surface area contributed by atoms with Gasteiger partial charge in [-0.15, -0.1) is 0 Å². The topological polar surface area (TPSA) is 56.2 Å². The molecule has 5 heteroatoms. The summed E-state index contributed by atoms with van der Waals surface area (Å²) >= 11 is 0. The van der Waals surface area contributed by atoms with Crippen LogP contribution in [0.15, 0.2) is 6.33 Å². The molecule has 1 aliphatic carbocycles. The van der Waals surface area contributed by atoms with Crippen molar-refractivity contribution in [2.24, 2.45) is 0 Å². The fourth-order valence-corrected chi connectivity index (χ4v) is 2.44. The number of ether oxygens (including phenoxy) is 1. The van der Waals surface area contributed by atoms with Crippen molar-refractivity contribution in [3.8, 4) is 0 Å². The molecule has 1 aromatic rings. The Labute approximate surface area is 93.8 Å². The molecule has 5 nitrogen and oxygen atoms in total. The van der Waals surface area contributed by atoms with Crippen LogP contribution in [0.1, 0.15) is 24.2 Å². The third-order valence-electron chi connectivity index (χ3n) is 3.26. The van der Waals surface area contributed by atoms with Gasteiger partial charge < -0.3 is 14.6 Å². The fraction of sp³-hybridized carbons (Fsp3) is 0.636. The standard InChI is InChI=1S/C11H15N3O2/c15-11-12-5-8(16-11)6-14-7-13-9-3-1-2-4-10(9)14/h7-8H,1-6H2,(H,12,15). The summed E-state index contributed by atoms with van der Waals surface area (Å²) in [6, 6.07) is 0. The predicted molar refractivity (Wildman–Crippen MR) is 57.1 cm³/mol. The monoisotopic (exact) mass is 221 g/mol. The normalized spacial score (nSPS) is 23.8. The second kappa shape index (κ2) is 3.81. The van der Waals surface area contributed by atoms with Gasteiger partial charge in [-0.1, -0.05) is 0 Å². The molecule has 0 saturated carbocycles. The van der Waals surface area contributed by atoms with Crippen LogP contribution in [-0.2, 0) is 24.1 Å². The van der Waals surface area contributed by atoms with Crippen molar-refractivity contribution in [3.05, 3.63) is 17.7 Å². The molecule has 0 aromatic carbocycles. The molecule has 1 aromatic heterocycles. The molecule has 3 rings (SSSR count). The number of amides is 1. The summed E-state index contributed by atoms with van der Waals surface area (Å²) in [7, 11) is 0. The summed E-state index contributed by atoms with van der Waals surface area (Å²) in [5, 5.41) is 2.67. The van der Waals surface area contributed by atoms with Crippen LogP contribution in [0.5, 0.6) is 0 Å². The van der Waals surface area contributed by atoms with Crippen LogP contribution in [-0.4, -0.2) is 28.3 Å². The maximum absolute atomic E-state index is 10.9. The van der Waals surface area contributed by atoms with Gasteiger partial charge in [0.1, 0.15) is 6.10 Å². The van der Waals surface area contributed by atoms with E-state index in [0.717, 1.165) is 19.4 Å². The Morgan fingerprint density at radius 2 is 2.38 bits per heavy atom. The second-order valence-electron chi connectivity index (χ2n) is 4.41. The number of nitrogens with zero attached hydrogens (tertiary/aromatic N) is 2. The number of fused-ring (bicyclic) bond motifs is 1. The minimum absolute atomic E-state index is 0.0484. The lowest BCUT2D eigenvalue weighted by molar-refractivity contribution is 0.130. The first kappa shape index (κ1) is 9.69. The SMILES string of the molecule is O=C1NCC(Cn2cnc3c2CCCC3)O1. The molecule has 0 radical (unpaired) electrons.